The largest absolute Gasteiger partial charge is 0.380 e. The molecule has 0 spiro atoms. The van der Waals surface area contributed by atoms with Gasteiger partial charge in [0.05, 0.1) is 11.9 Å². The highest BCUT2D eigenvalue weighted by atomic mass is 79.9. The highest BCUT2D eigenvalue weighted by molar-refractivity contribution is 9.10. The Morgan fingerprint density at radius 2 is 2.37 bits per heavy atom. The zero-order chi connectivity index (χ0) is 13.4. The number of fused-ring (bicyclic) bond motifs is 2. The summed E-state index contributed by atoms with van der Waals surface area (Å²) in [6, 6.07) is 0.486. The molecule has 0 aromatic carbocycles. The second-order valence-electron chi connectivity index (χ2n) is 5.46. The first-order chi connectivity index (χ1) is 9.19. The lowest BCUT2D eigenvalue weighted by Crippen LogP contribution is -2.29. The Bertz CT molecular complexity index is 589. The molecule has 1 aromatic rings. The fourth-order valence-corrected chi connectivity index (χ4v) is 3.81. The van der Waals surface area contributed by atoms with E-state index >= 15 is 0 Å². The SMILES string of the molecule is C#CCn1ncc(NC2CC3CCC2C3)c(Br)c1=O. The topological polar surface area (TPSA) is 46.9 Å². The predicted molar refractivity (Wildman–Crippen MR) is 77.9 cm³/mol. The number of hydrogen-bond donors (Lipinski definition) is 1. The predicted octanol–water partition coefficient (Wildman–Crippen LogP) is 2.24. The fourth-order valence-electron chi connectivity index (χ4n) is 3.39. The summed E-state index contributed by atoms with van der Waals surface area (Å²) < 4.78 is 1.82. The van der Waals surface area contributed by atoms with E-state index in [1.807, 2.05) is 0 Å². The molecule has 4 nitrogen and oxygen atoms in total. The quantitative estimate of drug-likeness (QED) is 0.868. The first-order valence-electron chi connectivity index (χ1n) is 6.64. The van der Waals surface area contributed by atoms with Gasteiger partial charge in [0.15, 0.2) is 0 Å². The third-order valence-electron chi connectivity index (χ3n) is 4.30. The van der Waals surface area contributed by atoms with Gasteiger partial charge in [0.1, 0.15) is 11.0 Å². The molecule has 2 fully saturated rings. The molecular formula is C14H16BrN3O. The van der Waals surface area contributed by atoms with E-state index < -0.39 is 0 Å². The van der Waals surface area contributed by atoms with E-state index in [1.165, 1.54) is 30.4 Å². The van der Waals surface area contributed by atoms with E-state index in [-0.39, 0.29) is 12.1 Å². The smallest absolute Gasteiger partial charge is 0.284 e. The summed E-state index contributed by atoms with van der Waals surface area (Å²) in [6.07, 6.45) is 12.1. The van der Waals surface area contributed by atoms with Crippen LogP contribution in [0.5, 0.6) is 0 Å². The van der Waals surface area contributed by atoms with Crippen molar-refractivity contribution in [3.63, 3.8) is 0 Å². The standard InChI is InChI=1S/C14H16BrN3O/c1-2-5-18-14(19)13(15)12(8-16-18)17-11-7-9-3-4-10(11)6-9/h1,8-11,17H,3-7H2. The van der Waals surface area contributed by atoms with Gasteiger partial charge >= 0.3 is 0 Å². The van der Waals surface area contributed by atoms with E-state index in [4.69, 9.17) is 6.42 Å². The van der Waals surface area contributed by atoms with Crippen LogP contribution in [0.4, 0.5) is 5.69 Å². The Balaban J connectivity index is 1.80. The molecule has 2 aliphatic rings. The molecule has 0 amide bonds. The molecule has 0 radical (unpaired) electrons. The second kappa shape index (κ2) is 5.01. The van der Waals surface area contributed by atoms with Crippen LogP contribution in [0.25, 0.3) is 0 Å². The molecular weight excluding hydrogens is 306 g/mol. The lowest BCUT2D eigenvalue weighted by molar-refractivity contribution is 0.439. The number of aromatic nitrogens is 2. The first-order valence-corrected chi connectivity index (χ1v) is 7.44. The highest BCUT2D eigenvalue weighted by Gasteiger charge is 2.39. The maximum absolute atomic E-state index is 12.0. The van der Waals surface area contributed by atoms with Crippen molar-refractivity contribution in [3.05, 3.63) is 21.0 Å². The van der Waals surface area contributed by atoms with Crippen LogP contribution >= 0.6 is 15.9 Å². The summed E-state index contributed by atoms with van der Waals surface area (Å²) in [5, 5.41) is 7.58. The van der Waals surface area contributed by atoms with E-state index in [1.54, 1.807) is 6.20 Å². The molecule has 100 valence electrons. The summed E-state index contributed by atoms with van der Waals surface area (Å²) in [5.41, 5.74) is 0.613. The minimum absolute atomic E-state index is 0.175. The van der Waals surface area contributed by atoms with Crippen molar-refractivity contribution >= 4 is 21.6 Å². The van der Waals surface area contributed by atoms with Gasteiger partial charge in [-0.2, -0.15) is 5.10 Å². The van der Waals surface area contributed by atoms with Crippen molar-refractivity contribution < 1.29 is 0 Å². The Morgan fingerprint density at radius 3 is 3.00 bits per heavy atom. The molecule has 0 aliphatic heterocycles. The number of rotatable bonds is 3. The van der Waals surface area contributed by atoms with Crippen LogP contribution in [0.3, 0.4) is 0 Å². The molecule has 1 N–H and O–H groups in total. The Kier molecular flexibility index (Phi) is 3.36. The summed E-state index contributed by atoms with van der Waals surface area (Å²) in [7, 11) is 0. The van der Waals surface area contributed by atoms with E-state index in [9.17, 15) is 4.79 Å². The van der Waals surface area contributed by atoms with Gasteiger partial charge in [-0.25, -0.2) is 4.68 Å². The van der Waals surface area contributed by atoms with Crippen LogP contribution in [0.15, 0.2) is 15.5 Å². The zero-order valence-corrected chi connectivity index (χ0v) is 12.2. The number of halogens is 1. The lowest BCUT2D eigenvalue weighted by atomic mass is 9.95. The van der Waals surface area contributed by atoms with Crippen LogP contribution in [0, 0.1) is 24.2 Å². The van der Waals surface area contributed by atoms with Crippen molar-refractivity contribution in [3.8, 4) is 12.3 Å². The van der Waals surface area contributed by atoms with Crippen molar-refractivity contribution in [1.82, 2.24) is 9.78 Å². The van der Waals surface area contributed by atoms with Crippen molar-refractivity contribution in [2.24, 2.45) is 11.8 Å². The van der Waals surface area contributed by atoms with Crippen LogP contribution in [0.1, 0.15) is 25.7 Å². The molecule has 19 heavy (non-hydrogen) atoms. The van der Waals surface area contributed by atoms with E-state index in [2.05, 4.69) is 32.3 Å². The van der Waals surface area contributed by atoms with Crippen LogP contribution < -0.4 is 10.9 Å². The van der Waals surface area contributed by atoms with Gasteiger partial charge in [-0.3, -0.25) is 4.79 Å². The molecule has 5 heteroatoms. The normalized spacial score (nSPS) is 28.3. The molecule has 1 heterocycles. The van der Waals surface area contributed by atoms with Crippen LogP contribution in [-0.2, 0) is 6.54 Å². The lowest BCUT2D eigenvalue weighted by Gasteiger charge is -2.24. The van der Waals surface area contributed by atoms with Gasteiger partial charge in [0.2, 0.25) is 0 Å². The fraction of sp³-hybridized carbons (Fsp3) is 0.571. The zero-order valence-electron chi connectivity index (χ0n) is 10.6. The van der Waals surface area contributed by atoms with E-state index in [0.717, 1.165) is 17.5 Å². The molecule has 3 rings (SSSR count). The Labute approximate surface area is 120 Å². The molecule has 2 aliphatic carbocycles. The highest BCUT2D eigenvalue weighted by Crippen LogP contribution is 2.45. The summed E-state index contributed by atoms with van der Waals surface area (Å²) in [5.74, 6) is 4.05. The van der Waals surface area contributed by atoms with Gasteiger partial charge in [0.25, 0.3) is 5.56 Å². The average molecular weight is 322 g/mol. The van der Waals surface area contributed by atoms with Crippen molar-refractivity contribution in [1.29, 1.82) is 0 Å². The third-order valence-corrected chi connectivity index (χ3v) is 5.07. The van der Waals surface area contributed by atoms with Crippen molar-refractivity contribution in [2.45, 2.75) is 38.3 Å². The van der Waals surface area contributed by atoms with Crippen LogP contribution in [-0.4, -0.2) is 15.8 Å². The Morgan fingerprint density at radius 1 is 1.53 bits per heavy atom. The molecule has 3 unspecified atom stereocenters. The van der Waals surface area contributed by atoms with Crippen LogP contribution in [0.2, 0.25) is 0 Å². The average Bonchev–Trinajstić information content (AvgIpc) is 3.01. The first kappa shape index (κ1) is 12.7. The monoisotopic (exact) mass is 321 g/mol. The molecule has 2 bridgehead atoms. The number of terminal acetylenes is 1. The molecule has 3 atom stereocenters. The van der Waals surface area contributed by atoms with E-state index in [0.29, 0.717) is 10.5 Å². The number of anilines is 1. The summed E-state index contributed by atoms with van der Waals surface area (Å²) in [6.45, 7) is 0.200. The van der Waals surface area contributed by atoms with Crippen molar-refractivity contribution in [2.75, 3.05) is 5.32 Å². The van der Waals surface area contributed by atoms with Gasteiger partial charge in [-0.15, -0.1) is 6.42 Å². The third kappa shape index (κ3) is 2.30. The molecule has 2 saturated carbocycles. The molecule has 0 saturated heterocycles. The summed E-state index contributed by atoms with van der Waals surface area (Å²) >= 11 is 3.36. The van der Waals surface area contributed by atoms with Gasteiger partial charge < -0.3 is 5.32 Å². The number of hydrogen-bond acceptors (Lipinski definition) is 3. The van der Waals surface area contributed by atoms with Gasteiger partial charge in [-0.05, 0) is 47.0 Å². The van der Waals surface area contributed by atoms with Gasteiger partial charge in [-0.1, -0.05) is 12.3 Å². The maximum atomic E-state index is 12.0. The number of nitrogens with one attached hydrogen (secondary N) is 1. The minimum atomic E-state index is -0.175. The molecule has 1 aromatic heterocycles. The number of nitrogens with zero attached hydrogens (tertiary/aromatic N) is 2. The van der Waals surface area contributed by atoms with Gasteiger partial charge in [0, 0.05) is 6.04 Å². The minimum Gasteiger partial charge on any atom is -0.380 e. The second-order valence-corrected chi connectivity index (χ2v) is 6.26. The summed E-state index contributed by atoms with van der Waals surface area (Å²) in [4.78, 5) is 12.0. The Hall–Kier alpha value is -1.28. The maximum Gasteiger partial charge on any atom is 0.284 e.